The zero-order valence-electron chi connectivity index (χ0n) is 11.5. The Morgan fingerprint density at radius 3 is 2.32 bits per heavy atom. The molecule has 0 aliphatic heterocycles. The quantitative estimate of drug-likeness (QED) is 0.653. The lowest BCUT2D eigenvalue weighted by molar-refractivity contribution is -0.138. The first-order valence-corrected chi connectivity index (χ1v) is 6.23. The normalized spacial score (nSPS) is 11.5. The number of hydrogen-bond donors (Lipinski definition) is 1. The average Bonchev–Trinajstić information content (AvgIpc) is 2.36. The number of esters is 1. The third-order valence-electron chi connectivity index (χ3n) is 2.56. The standard InChI is InChI=1S/C15H19NO3/c1-4-19-15(18)14(11(2)16-12(3)17)10-13-8-6-5-7-9-13/h5-9H,4,10H2,1-3H3,(H,16,17)/b14-11+. The molecule has 4 nitrogen and oxygen atoms in total. The topological polar surface area (TPSA) is 55.4 Å². The van der Waals surface area contributed by atoms with E-state index in [4.69, 9.17) is 4.74 Å². The van der Waals surface area contributed by atoms with Crippen LogP contribution in [0.4, 0.5) is 0 Å². The molecule has 1 N–H and O–H groups in total. The molecule has 4 heteroatoms. The molecule has 1 aromatic rings. The van der Waals surface area contributed by atoms with Gasteiger partial charge in [0.2, 0.25) is 5.91 Å². The fourth-order valence-corrected chi connectivity index (χ4v) is 1.72. The molecular formula is C15H19NO3. The summed E-state index contributed by atoms with van der Waals surface area (Å²) < 4.78 is 5.03. The van der Waals surface area contributed by atoms with Crippen molar-refractivity contribution in [1.29, 1.82) is 0 Å². The molecule has 0 fully saturated rings. The van der Waals surface area contributed by atoms with Crippen molar-refractivity contribution in [3.05, 3.63) is 47.2 Å². The van der Waals surface area contributed by atoms with E-state index in [9.17, 15) is 9.59 Å². The molecule has 1 amide bonds. The van der Waals surface area contributed by atoms with Crippen molar-refractivity contribution in [2.45, 2.75) is 27.2 Å². The third-order valence-corrected chi connectivity index (χ3v) is 2.56. The van der Waals surface area contributed by atoms with Crippen LogP contribution in [0, 0.1) is 0 Å². The van der Waals surface area contributed by atoms with Crippen LogP contribution in [0.2, 0.25) is 0 Å². The van der Waals surface area contributed by atoms with E-state index in [1.54, 1.807) is 13.8 Å². The molecule has 0 spiro atoms. The summed E-state index contributed by atoms with van der Waals surface area (Å²) in [5.74, 6) is -0.593. The highest BCUT2D eigenvalue weighted by molar-refractivity contribution is 5.90. The van der Waals surface area contributed by atoms with Crippen LogP contribution in [0.25, 0.3) is 0 Å². The zero-order valence-corrected chi connectivity index (χ0v) is 11.5. The van der Waals surface area contributed by atoms with E-state index in [0.717, 1.165) is 5.56 Å². The van der Waals surface area contributed by atoms with Crippen LogP contribution in [0.5, 0.6) is 0 Å². The highest BCUT2D eigenvalue weighted by Crippen LogP contribution is 2.13. The minimum absolute atomic E-state index is 0.202. The number of nitrogens with one attached hydrogen (secondary N) is 1. The number of ether oxygens (including phenoxy) is 1. The minimum atomic E-state index is -0.391. The van der Waals surface area contributed by atoms with E-state index in [0.29, 0.717) is 24.3 Å². The molecule has 0 heterocycles. The summed E-state index contributed by atoms with van der Waals surface area (Å²) in [4.78, 5) is 23.0. The van der Waals surface area contributed by atoms with E-state index in [1.807, 2.05) is 30.3 Å². The number of carbonyl (C=O) groups excluding carboxylic acids is 2. The predicted octanol–water partition coefficient (Wildman–Crippen LogP) is 2.20. The van der Waals surface area contributed by atoms with Crippen molar-refractivity contribution in [3.8, 4) is 0 Å². The van der Waals surface area contributed by atoms with E-state index in [1.165, 1.54) is 6.92 Å². The maximum atomic E-state index is 11.9. The van der Waals surface area contributed by atoms with Gasteiger partial charge >= 0.3 is 5.97 Å². The lowest BCUT2D eigenvalue weighted by atomic mass is 10.0. The van der Waals surface area contributed by atoms with Crippen LogP contribution in [0.3, 0.4) is 0 Å². The van der Waals surface area contributed by atoms with Crippen molar-refractivity contribution < 1.29 is 14.3 Å². The van der Waals surface area contributed by atoms with E-state index >= 15 is 0 Å². The summed E-state index contributed by atoms with van der Waals surface area (Å²) in [5, 5.41) is 2.64. The van der Waals surface area contributed by atoms with E-state index in [2.05, 4.69) is 5.32 Å². The van der Waals surface area contributed by atoms with Crippen LogP contribution >= 0.6 is 0 Å². The predicted molar refractivity (Wildman–Crippen MR) is 73.3 cm³/mol. The highest BCUT2D eigenvalue weighted by Gasteiger charge is 2.15. The van der Waals surface area contributed by atoms with Gasteiger partial charge in [-0.05, 0) is 19.4 Å². The van der Waals surface area contributed by atoms with Gasteiger partial charge in [-0.15, -0.1) is 0 Å². The first-order valence-electron chi connectivity index (χ1n) is 6.23. The molecule has 0 aliphatic rings. The van der Waals surface area contributed by atoms with Crippen LogP contribution in [0.15, 0.2) is 41.6 Å². The van der Waals surface area contributed by atoms with E-state index in [-0.39, 0.29) is 5.91 Å². The second kappa shape index (κ2) is 7.36. The molecular weight excluding hydrogens is 242 g/mol. The lowest BCUT2D eigenvalue weighted by Gasteiger charge is -2.12. The Morgan fingerprint density at radius 2 is 1.79 bits per heavy atom. The van der Waals surface area contributed by atoms with Gasteiger partial charge in [0.1, 0.15) is 0 Å². The lowest BCUT2D eigenvalue weighted by Crippen LogP contribution is -2.23. The molecule has 1 aromatic carbocycles. The van der Waals surface area contributed by atoms with Gasteiger partial charge in [-0.1, -0.05) is 30.3 Å². The van der Waals surface area contributed by atoms with Gasteiger partial charge in [0.15, 0.2) is 0 Å². The minimum Gasteiger partial charge on any atom is -0.463 e. The van der Waals surface area contributed by atoms with Gasteiger partial charge in [-0.3, -0.25) is 4.79 Å². The molecule has 1 rings (SSSR count). The van der Waals surface area contributed by atoms with Gasteiger partial charge < -0.3 is 10.1 Å². The Kier molecular flexibility index (Phi) is 5.79. The summed E-state index contributed by atoms with van der Waals surface area (Å²) >= 11 is 0. The van der Waals surface area contributed by atoms with Crippen LogP contribution in [0.1, 0.15) is 26.3 Å². The summed E-state index contributed by atoms with van der Waals surface area (Å²) in [6, 6.07) is 9.59. The van der Waals surface area contributed by atoms with E-state index < -0.39 is 5.97 Å². The largest absolute Gasteiger partial charge is 0.463 e. The van der Waals surface area contributed by atoms with Gasteiger partial charge in [-0.25, -0.2) is 4.79 Å². The molecule has 0 aliphatic carbocycles. The van der Waals surface area contributed by atoms with Crippen LogP contribution in [-0.2, 0) is 20.7 Å². The number of hydrogen-bond acceptors (Lipinski definition) is 3. The molecule has 0 aromatic heterocycles. The molecule has 0 saturated carbocycles. The second-order valence-electron chi connectivity index (χ2n) is 4.17. The fourth-order valence-electron chi connectivity index (χ4n) is 1.72. The molecule has 0 bridgehead atoms. The fraction of sp³-hybridized carbons (Fsp3) is 0.333. The summed E-state index contributed by atoms with van der Waals surface area (Å²) in [6.07, 6.45) is 0.436. The van der Waals surface area contributed by atoms with Gasteiger partial charge in [0.05, 0.1) is 12.2 Å². The van der Waals surface area contributed by atoms with Gasteiger partial charge in [0, 0.05) is 19.0 Å². The number of amides is 1. The molecule has 0 atom stereocenters. The maximum absolute atomic E-state index is 11.9. The third kappa shape index (κ3) is 4.95. The first kappa shape index (κ1) is 15.0. The Balaban J connectivity index is 2.99. The molecule has 102 valence electrons. The number of carbonyl (C=O) groups is 2. The Labute approximate surface area is 113 Å². The van der Waals surface area contributed by atoms with Gasteiger partial charge in [-0.2, -0.15) is 0 Å². The van der Waals surface area contributed by atoms with Crippen molar-refractivity contribution in [2.75, 3.05) is 6.61 Å². The van der Waals surface area contributed by atoms with Crippen molar-refractivity contribution in [1.82, 2.24) is 5.32 Å². The Hall–Kier alpha value is -2.10. The van der Waals surface area contributed by atoms with Crippen molar-refractivity contribution in [2.24, 2.45) is 0 Å². The Bertz CT molecular complexity index is 477. The monoisotopic (exact) mass is 261 g/mol. The SMILES string of the molecule is CCOC(=O)/C(Cc1ccccc1)=C(\C)NC(C)=O. The zero-order chi connectivity index (χ0) is 14.3. The smallest absolute Gasteiger partial charge is 0.336 e. The number of rotatable bonds is 5. The van der Waals surface area contributed by atoms with Crippen molar-refractivity contribution >= 4 is 11.9 Å². The molecule has 0 unspecified atom stereocenters. The summed E-state index contributed by atoms with van der Waals surface area (Å²) in [6.45, 7) is 5.18. The van der Waals surface area contributed by atoms with Crippen molar-refractivity contribution in [3.63, 3.8) is 0 Å². The maximum Gasteiger partial charge on any atom is 0.336 e. The molecule has 19 heavy (non-hydrogen) atoms. The van der Waals surface area contributed by atoms with Crippen LogP contribution in [-0.4, -0.2) is 18.5 Å². The number of allylic oxidation sites excluding steroid dienone is 1. The molecule has 0 saturated heterocycles. The highest BCUT2D eigenvalue weighted by atomic mass is 16.5. The van der Waals surface area contributed by atoms with Gasteiger partial charge in [0.25, 0.3) is 0 Å². The summed E-state index contributed by atoms with van der Waals surface area (Å²) in [7, 11) is 0. The first-order chi connectivity index (χ1) is 9.04. The number of benzene rings is 1. The second-order valence-corrected chi connectivity index (χ2v) is 4.17. The average molecular weight is 261 g/mol. The molecule has 0 radical (unpaired) electrons. The Morgan fingerprint density at radius 1 is 1.16 bits per heavy atom. The summed E-state index contributed by atoms with van der Waals surface area (Å²) in [5.41, 5.74) is 2.01. The van der Waals surface area contributed by atoms with Crippen LogP contribution < -0.4 is 5.32 Å².